The quantitative estimate of drug-likeness (QED) is 0.701. The summed E-state index contributed by atoms with van der Waals surface area (Å²) in [5.41, 5.74) is 1.19. The first-order valence-corrected chi connectivity index (χ1v) is 8.17. The monoisotopic (exact) mass is 351 g/mol. The smallest absolute Gasteiger partial charge is 0.137 e. The summed E-state index contributed by atoms with van der Waals surface area (Å²) in [6.07, 6.45) is 7.69. The van der Waals surface area contributed by atoms with E-state index in [0.29, 0.717) is 6.61 Å². The molecule has 4 nitrogen and oxygen atoms in total. The largest absolute Gasteiger partial charge is 0.492 e. The van der Waals surface area contributed by atoms with Crippen molar-refractivity contribution in [3.05, 3.63) is 47.0 Å². The zero-order valence-corrected chi connectivity index (χ0v) is 14.0. The summed E-state index contributed by atoms with van der Waals surface area (Å²) in [5.74, 6) is 0.951. The molecule has 0 saturated heterocycles. The van der Waals surface area contributed by atoms with Gasteiger partial charge in [-0.25, -0.2) is 4.98 Å². The van der Waals surface area contributed by atoms with E-state index in [4.69, 9.17) is 4.74 Å². The van der Waals surface area contributed by atoms with Crippen molar-refractivity contribution in [3.8, 4) is 5.75 Å². The second kappa shape index (κ2) is 8.85. The van der Waals surface area contributed by atoms with Gasteiger partial charge in [0.15, 0.2) is 0 Å². The molecular weight excluding hydrogens is 330 g/mol. The van der Waals surface area contributed by atoms with Crippen LogP contribution in [0.4, 0.5) is 0 Å². The molecule has 21 heavy (non-hydrogen) atoms. The molecule has 0 aliphatic heterocycles. The summed E-state index contributed by atoms with van der Waals surface area (Å²) in [6.45, 7) is 5.65. The van der Waals surface area contributed by atoms with Crippen LogP contribution in [0.1, 0.15) is 25.3 Å². The number of nitrogens with zero attached hydrogens (tertiary/aromatic N) is 2. The van der Waals surface area contributed by atoms with E-state index in [1.807, 2.05) is 24.7 Å². The molecule has 114 valence electrons. The molecule has 0 atom stereocenters. The lowest BCUT2D eigenvalue weighted by molar-refractivity contribution is 0.296. The molecule has 5 heteroatoms. The Labute approximate surface area is 134 Å². The minimum absolute atomic E-state index is 0.696. The molecule has 0 unspecified atom stereocenters. The van der Waals surface area contributed by atoms with Crippen LogP contribution >= 0.6 is 15.9 Å². The molecule has 1 heterocycles. The first-order valence-electron chi connectivity index (χ1n) is 7.38. The van der Waals surface area contributed by atoms with E-state index < -0.39 is 0 Å². The maximum Gasteiger partial charge on any atom is 0.137 e. The molecule has 2 aromatic rings. The predicted octanol–water partition coefficient (Wildman–Crippen LogP) is 3.61. The average Bonchev–Trinajstić information content (AvgIpc) is 2.99. The molecule has 1 N–H and O–H groups in total. The zero-order valence-electron chi connectivity index (χ0n) is 12.4. The van der Waals surface area contributed by atoms with Crippen molar-refractivity contribution in [2.24, 2.45) is 0 Å². The minimum Gasteiger partial charge on any atom is -0.492 e. The van der Waals surface area contributed by atoms with Crippen molar-refractivity contribution in [2.45, 2.75) is 32.9 Å². The number of para-hydroxylation sites is 1. The number of hydrogen-bond acceptors (Lipinski definition) is 3. The normalized spacial score (nSPS) is 10.8. The average molecular weight is 352 g/mol. The Bertz CT molecular complexity index is 528. The molecule has 0 amide bonds. The first-order chi connectivity index (χ1) is 10.3. The summed E-state index contributed by atoms with van der Waals surface area (Å²) < 4.78 is 9.05. The van der Waals surface area contributed by atoms with Crippen LogP contribution in [0.2, 0.25) is 0 Å². The van der Waals surface area contributed by atoms with Gasteiger partial charge in [0.2, 0.25) is 0 Å². The highest BCUT2D eigenvalue weighted by molar-refractivity contribution is 9.10. The van der Waals surface area contributed by atoms with Crippen LogP contribution in [0.25, 0.3) is 0 Å². The van der Waals surface area contributed by atoms with Crippen LogP contribution < -0.4 is 10.1 Å². The fourth-order valence-corrected chi connectivity index (χ4v) is 2.62. The zero-order chi connectivity index (χ0) is 14.9. The summed E-state index contributed by atoms with van der Waals surface area (Å²) in [6, 6.07) is 6.18. The predicted molar refractivity (Wildman–Crippen MR) is 88.5 cm³/mol. The number of rotatable bonds is 9. The van der Waals surface area contributed by atoms with Crippen LogP contribution in [-0.4, -0.2) is 22.7 Å². The Morgan fingerprint density at radius 3 is 3.05 bits per heavy atom. The van der Waals surface area contributed by atoms with Crippen molar-refractivity contribution in [3.63, 3.8) is 0 Å². The van der Waals surface area contributed by atoms with E-state index in [1.165, 1.54) is 5.56 Å². The number of aromatic nitrogens is 2. The fraction of sp³-hybridized carbons (Fsp3) is 0.438. The number of imidazole rings is 1. The molecule has 0 aliphatic rings. The highest BCUT2D eigenvalue weighted by Crippen LogP contribution is 2.29. The number of nitrogens with one attached hydrogen (secondary N) is 1. The third-order valence-corrected chi connectivity index (χ3v) is 3.78. The van der Waals surface area contributed by atoms with Gasteiger partial charge in [0.05, 0.1) is 17.4 Å². The van der Waals surface area contributed by atoms with Gasteiger partial charge >= 0.3 is 0 Å². The molecule has 1 aromatic carbocycles. The number of halogens is 1. The van der Waals surface area contributed by atoms with Gasteiger partial charge < -0.3 is 14.6 Å². The number of benzene rings is 1. The molecule has 0 bridgehead atoms. The van der Waals surface area contributed by atoms with Crippen molar-refractivity contribution in [1.82, 2.24) is 14.9 Å². The van der Waals surface area contributed by atoms with Gasteiger partial charge in [-0.05, 0) is 41.4 Å². The molecule has 1 aromatic heterocycles. The van der Waals surface area contributed by atoms with Crippen LogP contribution in [0.5, 0.6) is 5.75 Å². The van der Waals surface area contributed by atoms with Crippen molar-refractivity contribution in [2.75, 3.05) is 13.2 Å². The van der Waals surface area contributed by atoms with E-state index >= 15 is 0 Å². The Morgan fingerprint density at radius 2 is 2.29 bits per heavy atom. The summed E-state index contributed by atoms with van der Waals surface area (Å²) in [7, 11) is 0. The number of aryl methyl sites for hydroxylation is 1. The molecular formula is C16H22BrN3O. The van der Waals surface area contributed by atoms with Crippen molar-refractivity contribution >= 4 is 15.9 Å². The lowest BCUT2D eigenvalue weighted by atomic mass is 10.2. The van der Waals surface area contributed by atoms with Gasteiger partial charge in [0.1, 0.15) is 5.75 Å². The summed E-state index contributed by atoms with van der Waals surface area (Å²) in [5, 5.41) is 3.42. The van der Waals surface area contributed by atoms with Gasteiger partial charge in [-0.2, -0.15) is 0 Å². The van der Waals surface area contributed by atoms with E-state index in [9.17, 15) is 0 Å². The van der Waals surface area contributed by atoms with Crippen LogP contribution in [0.3, 0.4) is 0 Å². The molecule has 0 aliphatic carbocycles. The second-order valence-electron chi connectivity index (χ2n) is 4.91. The summed E-state index contributed by atoms with van der Waals surface area (Å²) >= 11 is 3.58. The number of hydrogen-bond donors (Lipinski definition) is 1. The van der Waals surface area contributed by atoms with E-state index in [2.05, 4.69) is 43.8 Å². The Balaban J connectivity index is 1.85. The van der Waals surface area contributed by atoms with E-state index in [-0.39, 0.29) is 0 Å². The molecule has 0 fully saturated rings. The molecule has 2 rings (SSSR count). The van der Waals surface area contributed by atoms with Gasteiger partial charge in [-0.15, -0.1) is 0 Å². The van der Waals surface area contributed by atoms with Crippen LogP contribution in [0.15, 0.2) is 41.4 Å². The molecule has 0 saturated carbocycles. The molecule has 0 spiro atoms. The highest BCUT2D eigenvalue weighted by atomic mass is 79.9. The van der Waals surface area contributed by atoms with Crippen LogP contribution in [-0.2, 0) is 13.1 Å². The first kappa shape index (κ1) is 16.0. The lowest BCUT2D eigenvalue weighted by Gasteiger charge is -2.14. The SMILES string of the molecule is CCCNCc1cccc(Br)c1OCCCn1ccnc1. The van der Waals surface area contributed by atoms with Gasteiger partial charge in [0, 0.05) is 31.0 Å². The third-order valence-electron chi connectivity index (χ3n) is 3.16. The topological polar surface area (TPSA) is 39.1 Å². The Kier molecular flexibility index (Phi) is 6.76. The number of ether oxygens (including phenoxy) is 1. The summed E-state index contributed by atoms with van der Waals surface area (Å²) in [4.78, 5) is 4.04. The lowest BCUT2D eigenvalue weighted by Crippen LogP contribution is -2.15. The van der Waals surface area contributed by atoms with Gasteiger partial charge in [0.25, 0.3) is 0 Å². The molecule has 0 radical (unpaired) electrons. The maximum absolute atomic E-state index is 5.98. The second-order valence-corrected chi connectivity index (χ2v) is 5.76. The minimum atomic E-state index is 0.696. The third kappa shape index (κ3) is 5.17. The Hall–Kier alpha value is -1.33. The van der Waals surface area contributed by atoms with Gasteiger partial charge in [-0.3, -0.25) is 0 Å². The van der Waals surface area contributed by atoms with Crippen LogP contribution in [0, 0.1) is 0 Å². The van der Waals surface area contributed by atoms with Crippen molar-refractivity contribution < 1.29 is 4.74 Å². The fourth-order valence-electron chi connectivity index (χ4n) is 2.09. The van der Waals surface area contributed by atoms with E-state index in [1.54, 1.807) is 6.20 Å². The Morgan fingerprint density at radius 1 is 1.38 bits per heavy atom. The standard InChI is InChI=1S/C16H22BrN3O/c1-2-7-18-12-14-5-3-6-15(17)16(14)21-11-4-9-20-10-8-19-13-20/h3,5-6,8,10,13,18H,2,4,7,9,11-12H2,1H3. The highest BCUT2D eigenvalue weighted by Gasteiger charge is 2.07. The van der Waals surface area contributed by atoms with Crippen molar-refractivity contribution in [1.29, 1.82) is 0 Å². The maximum atomic E-state index is 5.98. The van der Waals surface area contributed by atoms with Gasteiger partial charge in [-0.1, -0.05) is 19.1 Å². The van der Waals surface area contributed by atoms with E-state index in [0.717, 1.165) is 42.7 Å².